The van der Waals surface area contributed by atoms with E-state index in [4.69, 9.17) is 4.74 Å². The third-order valence-electron chi connectivity index (χ3n) is 1.42. The molecule has 0 radical (unpaired) electrons. The molecule has 0 N–H and O–H groups in total. The minimum atomic E-state index is -2.69. The van der Waals surface area contributed by atoms with Crippen molar-refractivity contribution in [2.45, 2.75) is 58.5 Å². The first kappa shape index (κ1) is 13.3. The molecule has 14 heavy (non-hydrogen) atoms. The molecule has 0 saturated carbocycles. The van der Waals surface area contributed by atoms with Crippen LogP contribution in [0.4, 0.5) is 8.78 Å². The average Bonchev–Trinajstić information content (AvgIpc) is 1.78. The van der Waals surface area contributed by atoms with Crippen molar-refractivity contribution in [1.29, 1.82) is 0 Å². The van der Waals surface area contributed by atoms with Crippen LogP contribution in [0.25, 0.3) is 0 Å². The van der Waals surface area contributed by atoms with Gasteiger partial charge in [-0.1, -0.05) is 0 Å². The van der Waals surface area contributed by atoms with Gasteiger partial charge < -0.3 is 4.74 Å². The van der Waals surface area contributed by atoms with E-state index in [0.29, 0.717) is 0 Å². The van der Waals surface area contributed by atoms with E-state index in [2.05, 4.69) is 0 Å². The van der Waals surface area contributed by atoms with E-state index in [1.807, 2.05) is 0 Å². The highest BCUT2D eigenvalue weighted by Crippen LogP contribution is 2.20. The zero-order chi connectivity index (χ0) is 11.4. The number of carbonyl (C=O) groups excluding carboxylic acids is 1. The van der Waals surface area contributed by atoms with Crippen molar-refractivity contribution in [3.63, 3.8) is 0 Å². The highest BCUT2D eigenvalue weighted by atomic mass is 19.3. The van der Waals surface area contributed by atoms with E-state index in [1.54, 1.807) is 20.8 Å². The van der Waals surface area contributed by atoms with Crippen molar-refractivity contribution in [2.75, 3.05) is 0 Å². The van der Waals surface area contributed by atoms with Crippen molar-refractivity contribution in [1.82, 2.24) is 0 Å². The molecule has 0 unspecified atom stereocenters. The molecule has 4 heteroatoms. The molecule has 2 nitrogen and oxygen atoms in total. The van der Waals surface area contributed by atoms with E-state index in [9.17, 15) is 13.6 Å². The molecule has 0 aliphatic carbocycles. The maximum atomic E-state index is 12.4. The van der Waals surface area contributed by atoms with Crippen LogP contribution in [-0.4, -0.2) is 17.5 Å². The van der Waals surface area contributed by atoms with Gasteiger partial charge in [-0.25, -0.2) is 8.78 Å². The third kappa shape index (κ3) is 9.42. The number of carbonyl (C=O) groups is 1. The van der Waals surface area contributed by atoms with Crippen LogP contribution in [0.1, 0.15) is 47.0 Å². The molecule has 0 rings (SSSR count). The fourth-order valence-electron chi connectivity index (χ4n) is 0.936. The molecule has 0 bridgehead atoms. The normalized spacial score (nSPS) is 12.7. The smallest absolute Gasteiger partial charge is 0.306 e. The van der Waals surface area contributed by atoms with Gasteiger partial charge in [0.25, 0.3) is 0 Å². The van der Waals surface area contributed by atoms with Crippen LogP contribution in [0, 0.1) is 0 Å². The van der Waals surface area contributed by atoms with Gasteiger partial charge in [-0.15, -0.1) is 0 Å². The van der Waals surface area contributed by atoms with Gasteiger partial charge in [-0.3, -0.25) is 4.79 Å². The maximum Gasteiger partial charge on any atom is 0.306 e. The van der Waals surface area contributed by atoms with Crippen LogP contribution >= 0.6 is 0 Å². The Balaban J connectivity index is 3.66. The first-order valence-electron chi connectivity index (χ1n) is 4.70. The number of rotatable bonds is 4. The molecule has 0 heterocycles. The van der Waals surface area contributed by atoms with Crippen LogP contribution < -0.4 is 0 Å². The molecule has 0 amide bonds. The Morgan fingerprint density at radius 1 is 1.21 bits per heavy atom. The SMILES string of the molecule is CC(F)(F)CCCC(=O)OC(C)(C)C. The Bertz CT molecular complexity index is 189. The average molecular weight is 208 g/mol. The highest BCUT2D eigenvalue weighted by molar-refractivity contribution is 5.69. The summed E-state index contributed by atoms with van der Waals surface area (Å²) in [5.74, 6) is -3.11. The predicted molar refractivity (Wildman–Crippen MR) is 50.3 cm³/mol. The second kappa shape index (κ2) is 4.71. The maximum absolute atomic E-state index is 12.4. The Hall–Kier alpha value is -0.670. The van der Waals surface area contributed by atoms with Gasteiger partial charge in [0.1, 0.15) is 5.60 Å². The zero-order valence-corrected chi connectivity index (χ0v) is 9.19. The Morgan fingerprint density at radius 2 is 1.71 bits per heavy atom. The first-order valence-corrected chi connectivity index (χ1v) is 4.70. The summed E-state index contributed by atoms with van der Waals surface area (Å²) in [6.07, 6.45) is -0.0502. The molecular formula is C10H18F2O2. The topological polar surface area (TPSA) is 26.3 Å². The molecular weight excluding hydrogens is 190 g/mol. The number of esters is 1. The van der Waals surface area contributed by atoms with Gasteiger partial charge in [0, 0.05) is 12.8 Å². The van der Waals surface area contributed by atoms with Crippen molar-refractivity contribution >= 4 is 5.97 Å². The molecule has 0 saturated heterocycles. The summed E-state index contributed by atoms with van der Waals surface area (Å²) in [6.45, 7) is 6.10. The number of hydrogen-bond acceptors (Lipinski definition) is 2. The largest absolute Gasteiger partial charge is 0.460 e. The van der Waals surface area contributed by atoms with Crippen LogP contribution in [0.15, 0.2) is 0 Å². The standard InChI is InChI=1S/C10H18F2O2/c1-9(2,3)14-8(13)6-5-7-10(4,11)12/h5-7H2,1-4H3. The fourth-order valence-corrected chi connectivity index (χ4v) is 0.936. The fraction of sp³-hybridized carbons (Fsp3) is 0.900. The first-order chi connectivity index (χ1) is 6.10. The molecule has 84 valence electrons. The van der Waals surface area contributed by atoms with Crippen LogP contribution in [0.2, 0.25) is 0 Å². The van der Waals surface area contributed by atoms with Crippen molar-refractivity contribution in [2.24, 2.45) is 0 Å². The van der Waals surface area contributed by atoms with Crippen LogP contribution in [0.5, 0.6) is 0 Å². The third-order valence-corrected chi connectivity index (χ3v) is 1.42. The Labute approximate surface area is 83.6 Å². The van der Waals surface area contributed by atoms with Gasteiger partial charge >= 0.3 is 5.97 Å². The summed E-state index contributed by atoms with van der Waals surface area (Å²) in [5.41, 5.74) is -0.536. The summed E-state index contributed by atoms with van der Waals surface area (Å²) < 4.78 is 29.7. The predicted octanol–water partition coefficient (Wildman–Crippen LogP) is 3.15. The van der Waals surface area contributed by atoms with Gasteiger partial charge in [-0.2, -0.15) is 0 Å². The molecule has 0 aromatic heterocycles. The molecule has 0 aliphatic rings. The van der Waals surface area contributed by atoms with Crippen molar-refractivity contribution in [3.05, 3.63) is 0 Å². The minimum Gasteiger partial charge on any atom is -0.460 e. The van der Waals surface area contributed by atoms with E-state index in [1.165, 1.54) is 0 Å². The lowest BCUT2D eigenvalue weighted by Gasteiger charge is -2.19. The van der Waals surface area contributed by atoms with Crippen LogP contribution in [0.3, 0.4) is 0 Å². The zero-order valence-electron chi connectivity index (χ0n) is 9.19. The molecule has 0 spiro atoms. The van der Waals surface area contributed by atoms with Crippen molar-refractivity contribution in [3.8, 4) is 0 Å². The second-order valence-electron chi connectivity index (χ2n) is 4.51. The van der Waals surface area contributed by atoms with E-state index in [-0.39, 0.29) is 19.3 Å². The lowest BCUT2D eigenvalue weighted by Crippen LogP contribution is -2.24. The molecule has 0 aromatic carbocycles. The number of halogens is 2. The molecule has 0 aromatic rings. The van der Waals surface area contributed by atoms with E-state index < -0.39 is 17.5 Å². The summed E-state index contributed by atoms with van der Waals surface area (Å²) in [4.78, 5) is 11.1. The summed E-state index contributed by atoms with van der Waals surface area (Å²) in [7, 11) is 0. The monoisotopic (exact) mass is 208 g/mol. The Kier molecular flexibility index (Phi) is 4.49. The highest BCUT2D eigenvalue weighted by Gasteiger charge is 2.22. The summed E-state index contributed by atoms with van der Waals surface area (Å²) >= 11 is 0. The van der Waals surface area contributed by atoms with Crippen LogP contribution in [-0.2, 0) is 9.53 Å². The van der Waals surface area contributed by atoms with Gasteiger partial charge in [0.2, 0.25) is 5.92 Å². The Morgan fingerprint density at radius 3 is 2.07 bits per heavy atom. The lowest BCUT2D eigenvalue weighted by atomic mass is 10.1. The minimum absolute atomic E-state index is 0.0562. The van der Waals surface area contributed by atoms with Crippen molar-refractivity contribution < 1.29 is 18.3 Å². The second-order valence-corrected chi connectivity index (χ2v) is 4.51. The lowest BCUT2D eigenvalue weighted by molar-refractivity contribution is -0.155. The van der Waals surface area contributed by atoms with E-state index >= 15 is 0 Å². The quantitative estimate of drug-likeness (QED) is 0.663. The number of alkyl halides is 2. The molecule has 0 atom stereocenters. The van der Waals surface area contributed by atoms with Gasteiger partial charge in [0.15, 0.2) is 0 Å². The summed E-state index contributed by atoms with van der Waals surface area (Å²) in [5, 5.41) is 0. The van der Waals surface area contributed by atoms with Gasteiger partial charge in [-0.05, 0) is 34.1 Å². The van der Waals surface area contributed by atoms with E-state index in [0.717, 1.165) is 6.92 Å². The number of ether oxygens (including phenoxy) is 1. The van der Waals surface area contributed by atoms with Gasteiger partial charge in [0.05, 0.1) is 0 Å². The number of hydrogen-bond donors (Lipinski definition) is 0. The molecule has 0 aliphatic heterocycles. The molecule has 0 fully saturated rings. The summed E-state index contributed by atoms with van der Waals surface area (Å²) in [6, 6.07) is 0.